The number of imide groups is 4. The highest BCUT2D eigenvalue weighted by molar-refractivity contribution is 6.31. The molecule has 4 rings (SSSR count). The summed E-state index contributed by atoms with van der Waals surface area (Å²) in [7, 11) is 0. The number of benzene rings is 2. The van der Waals surface area contributed by atoms with E-state index >= 15 is 0 Å². The van der Waals surface area contributed by atoms with E-state index < -0.39 is 35.7 Å². The van der Waals surface area contributed by atoms with Gasteiger partial charge in [0, 0.05) is 11.1 Å². The first-order valence-electron chi connectivity index (χ1n) is 12.7. The van der Waals surface area contributed by atoms with E-state index in [0.717, 1.165) is 0 Å². The number of rotatable bonds is 13. The summed E-state index contributed by atoms with van der Waals surface area (Å²) in [5.41, 5.74) is 0.526. The molecule has 2 aliphatic rings. The van der Waals surface area contributed by atoms with Gasteiger partial charge in [-0.15, -0.1) is 0 Å². The van der Waals surface area contributed by atoms with Crippen molar-refractivity contribution in [3.63, 3.8) is 0 Å². The molecule has 14 heteroatoms. The number of barbiturate groups is 2. The molecule has 0 bridgehead atoms. The van der Waals surface area contributed by atoms with Gasteiger partial charge in [-0.2, -0.15) is 0 Å². The Kier molecular flexibility index (Phi) is 10.1. The van der Waals surface area contributed by atoms with Crippen molar-refractivity contribution in [1.82, 2.24) is 21.3 Å². The van der Waals surface area contributed by atoms with Crippen LogP contribution in [0.15, 0.2) is 59.7 Å². The van der Waals surface area contributed by atoms with E-state index in [1.165, 1.54) is 12.2 Å². The lowest BCUT2D eigenvalue weighted by Crippen LogP contribution is -2.51. The standard InChI is InChI=1S/C28H26N4O10/c33-23-19(24(34)30-27(37)29-23)15-17-5-1-3-7-21(17)41-13-11-39-9-10-40-12-14-42-22-8-4-2-6-18(22)16-20-25(35)31-28(38)32-26(20)36/h1-8,15-16H,9-14H2,(H2,29,30,33,34,37)(H2,31,32,35,36,38). The van der Waals surface area contributed by atoms with Gasteiger partial charge >= 0.3 is 12.1 Å². The first kappa shape index (κ1) is 29.6. The van der Waals surface area contributed by atoms with Crippen LogP contribution in [0.1, 0.15) is 11.1 Å². The van der Waals surface area contributed by atoms with Gasteiger partial charge in [0.15, 0.2) is 0 Å². The van der Waals surface area contributed by atoms with Crippen molar-refractivity contribution in [2.24, 2.45) is 0 Å². The van der Waals surface area contributed by atoms with Crippen LogP contribution in [0, 0.1) is 0 Å². The molecule has 0 aromatic heterocycles. The minimum absolute atomic E-state index is 0.191. The Morgan fingerprint density at radius 1 is 0.476 bits per heavy atom. The predicted molar refractivity (Wildman–Crippen MR) is 145 cm³/mol. The first-order valence-corrected chi connectivity index (χ1v) is 12.7. The molecule has 4 N–H and O–H groups in total. The summed E-state index contributed by atoms with van der Waals surface area (Å²) < 4.78 is 22.4. The second-order valence-electron chi connectivity index (χ2n) is 8.59. The number of nitrogens with one attached hydrogen (secondary N) is 4. The van der Waals surface area contributed by atoms with Gasteiger partial charge in [0.1, 0.15) is 35.9 Å². The second-order valence-corrected chi connectivity index (χ2v) is 8.59. The average molecular weight is 579 g/mol. The number of para-hydroxylation sites is 2. The molecule has 2 aliphatic heterocycles. The van der Waals surface area contributed by atoms with E-state index in [1.54, 1.807) is 48.5 Å². The number of carbonyl (C=O) groups is 6. The van der Waals surface area contributed by atoms with E-state index in [1.807, 2.05) is 21.3 Å². The summed E-state index contributed by atoms with van der Waals surface area (Å²) in [5.74, 6) is -2.34. The van der Waals surface area contributed by atoms with Gasteiger partial charge in [0.25, 0.3) is 23.6 Å². The van der Waals surface area contributed by atoms with E-state index in [4.69, 9.17) is 18.9 Å². The van der Waals surface area contributed by atoms with Crippen molar-refractivity contribution >= 4 is 47.8 Å². The van der Waals surface area contributed by atoms with Crippen molar-refractivity contribution in [3.8, 4) is 11.5 Å². The van der Waals surface area contributed by atoms with Crippen LogP contribution in [0.3, 0.4) is 0 Å². The fourth-order valence-corrected chi connectivity index (χ4v) is 3.73. The molecular formula is C28H26N4O10. The minimum Gasteiger partial charge on any atom is -0.491 e. The van der Waals surface area contributed by atoms with Gasteiger partial charge in [-0.1, -0.05) is 36.4 Å². The molecule has 2 fully saturated rings. The summed E-state index contributed by atoms with van der Waals surface area (Å²) in [6.45, 7) is 1.45. The second kappa shape index (κ2) is 14.3. The molecule has 42 heavy (non-hydrogen) atoms. The summed E-state index contributed by atoms with van der Waals surface area (Å²) >= 11 is 0. The van der Waals surface area contributed by atoms with Gasteiger partial charge < -0.3 is 18.9 Å². The van der Waals surface area contributed by atoms with Gasteiger partial charge in [-0.05, 0) is 24.3 Å². The Labute approximate surface area is 239 Å². The maximum absolute atomic E-state index is 12.0. The Hall–Kier alpha value is -5.34. The zero-order chi connectivity index (χ0) is 29.9. The van der Waals surface area contributed by atoms with E-state index in [2.05, 4.69) is 0 Å². The van der Waals surface area contributed by atoms with Crippen molar-refractivity contribution in [3.05, 3.63) is 70.8 Å². The lowest BCUT2D eigenvalue weighted by Gasteiger charge is -2.15. The summed E-state index contributed by atoms with van der Waals surface area (Å²) in [5, 5.41) is 8.07. The number of hydrogen-bond donors (Lipinski definition) is 4. The quantitative estimate of drug-likeness (QED) is 0.150. The molecule has 0 spiro atoms. The van der Waals surface area contributed by atoms with Crippen LogP contribution in [-0.2, 0) is 28.7 Å². The van der Waals surface area contributed by atoms with Crippen molar-refractivity contribution in [1.29, 1.82) is 0 Å². The highest BCUT2D eigenvalue weighted by atomic mass is 16.6. The molecule has 2 aromatic rings. The van der Waals surface area contributed by atoms with E-state index in [0.29, 0.717) is 22.6 Å². The van der Waals surface area contributed by atoms with Crippen LogP contribution in [0.5, 0.6) is 11.5 Å². The first-order chi connectivity index (χ1) is 20.3. The Morgan fingerprint density at radius 3 is 1.19 bits per heavy atom. The number of carbonyl (C=O) groups excluding carboxylic acids is 6. The fourth-order valence-electron chi connectivity index (χ4n) is 3.73. The van der Waals surface area contributed by atoms with Gasteiger partial charge in [-0.25, -0.2) is 9.59 Å². The maximum Gasteiger partial charge on any atom is 0.328 e. The summed E-state index contributed by atoms with van der Waals surface area (Å²) in [6, 6.07) is 11.8. The molecular weight excluding hydrogens is 552 g/mol. The van der Waals surface area contributed by atoms with Crippen LogP contribution in [-0.4, -0.2) is 75.3 Å². The number of hydrogen-bond acceptors (Lipinski definition) is 10. The third-order valence-corrected chi connectivity index (χ3v) is 5.67. The molecule has 0 unspecified atom stereocenters. The number of amides is 8. The molecule has 218 valence electrons. The molecule has 0 atom stereocenters. The smallest absolute Gasteiger partial charge is 0.328 e. The fraction of sp³-hybridized carbons (Fsp3) is 0.214. The lowest BCUT2D eigenvalue weighted by atomic mass is 10.1. The SMILES string of the molecule is O=C1NC(=O)C(=Cc2ccccc2OCCOCCOCCOc2ccccc2C=C2C(=O)NC(=O)NC2=O)C(=O)N1. The molecule has 0 radical (unpaired) electrons. The molecule has 14 nitrogen and oxygen atoms in total. The highest BCUT2D eigenvalue weighted by Crippen LogP contribution is 2.23. The van der Waals surface area contributed by atoms with Crippen LogP contribution in [0.4, 0.5) is 9.59 Å². The van der Waals surface area contributed by atoms with Gasteiger partial charge in [0.2, 0.25) is 0 Å². The molecule has 0 aliphatic carbocycles. The van der Waals surface area contributed by atoms with Crippen molar-refractivity contribution in [2.45, 2.75) is 0 Å². The molecule has 2 saturated heterocycles. The van der Waals surface area contributed by atoms with Gasteiger partial charge in [-0.3, -0.25) is 40.4 Å². The van der Waals surface area contributed by atoms with Gasteiger partial charge in [0.05, 0.1) is 26.4 Å². The Bertz CT molecular complexity index is 1310. The zero-order valence-electron chi connectivity index (χ0n) is 22.1. The summed E-state index contributed by atoms with van der Waals surface area (Å²) in [4.78, 5) is 70.3. The monoisotopic (exact) mass is 578 g/mol. The number of urea groups is 2. The zero-order valence-corrected chi connectivity index (χ0v) is 22.1. The van der Waals surface area contributed by atoms with E-state index in [-0.39, 0.29) is 50.8 Å². The highest BCUT2D eigenvalue weighted by Gasteiger charge is 2.29. The van der Waals surface area contributed by atoms with E-state index in [9.17, 15) is 28.8 Å². The topological polar surface area (TPSA) is 187 Å². The normalized spacial score (nSPS) is 15.0. The van der Waals surface area contributed by atoms with Crippen LogP contribution >= 0.6 is 0 Å². The Balaban J connectivity index is 1.14. The summed E-state index contributed by atoms with van der Waals surface area (Å²) in [6.07, 6.45) is 2.67. The third kappa shape index (κ3) is 8.09. The lowest BCUT2D eigenvalue weighted by molar-refractivity contribution is -0.125. The average Bonchev–Trinajstić information content (AvgIpc) is 2.95. The molecule has 2 heterocycles. The third-order valence-electron chi connectivity index (χ3n) is 5.67. The van der Waals surface area contributed by atoms with Crippen LogP contribution in [0.25, 0.3) is 12.2 Å². The Morgan fingerprint density at radius 2 is 0.810 bits per heavy atom. The van der Waals surface area contributed by atoms with Crippen LogP contribution < -0.4 is 30.7 Å². The maximum atomic E-state index is 12.0. The minimum atomic E-state index is -0.873. The largest absolute Gasteiger partial charge is 0.491 e. The molecule has 0 saturated carbocycles. The van der Waals surface area contributed by atoms with Crippen molar-refractivity contribution in [2.75, 3.05) is 39.6 Å². The number of ether oxygens (including phenoxy) is 4. The predicted octanol–water partition coefficient (Wildman–Crippen LogP) is 0.676. The molecule has 8 amide bonds. The van der Waals surface area contributed by atoms with Crippen molar-refractivity contribution < 1.29 is 47.7 Å². The molecule has 2 aromatic carbocycles. The van der Waals surface area contributed by atoms with Crippen LogP contribution in [0.2, 0.25) is 0 Å².